The van der Waals surface area contributed by atoms with Crippen molar-refractivity contribution in [2.24, 2.45) is 0 Å². The molecule has 0 spiro atoms. The number of rotatable bonds is 4. The van der Waals surface area contributed by atoms with Crippen LogP contribution in [0.25, 0.3) is 11.3 Å². The molecule has 0 aliphatic carbocycles. The van der Waals surface area contributed by atoms with E-state index in [1.807, 2.05) is 66.9 Å². The van der Waals surface area contributed by atoms with Crippen LogP contribution in [0.5, 0.6) is 0 Å². The van der Waals surface area contributed by atoms with Crippen LogP contribution in [0.4, 0.5) is 0 Å². The summed E-state index contributed by atoms with van der Waals surface area (Å²) in [6, 6.07) is 19.3. The Bertz CT molecular complexity index is 772. The van der Waals surface area contributed by atoms with Gasteiger partial charge in [-0.1, -0.05) is 58.4 Å². The Kier molecular flexibility index (Phi) is 6.19. The van der Waals surface area contributed by atoms with Gasteiger partial charge in [0, 0.05) is 21.7 Å². The summed E-state index contributed by atoms with van der Waals surface area (Å²) in [6.45, 7) is 0.281. The van der Waals surface area contributed by atoms with Gasteiger partial charge in [0.05, 0.1) is 6.20 Å². The van der Waals surface area contributed by atoms with Crippen LogP contribution < -0.4 is 21.5 Å². The lowest BCUT2D eigenvalue weighted by molar-refractivity contribution is -0.686. The van der Waals surface area contributed by atoms with Gasteiger partial charge in [0.2, 0.25) is 5.78 Å². The fourth-order valence-corrected chi connectivity index (χ4v) is 2.41. The van der Waals surface area contributed by atoms with E-state index in [-0.39, 0.29) is 29.3 Å². The van der Waals surface area contributed by atoms with Crippen molar-refractivity contribution in [3.8, 4) is 11.3 Å². The molecule has 3 aromatic rings. The van der Waals surface area contributed by atoms with Gasteiger partial charge >= 0.3 is 0 Å². The van der Waals surface area contributed by atoms with Gasteiger partial charge in [0.1, 0.15) is 0 Å². The topological polar surface area (TPSA) is 33.8 Å². The van der Waals surface area contributed by atoms with Gasteiger partial charge in [-0.3, -0.25) is 4.79 Å². The molecule has 1 heterocycles. The van der Waals surface area contributed by atoms with E-state index in [0.29, 0.717) is 5.56 Å². The molecule has 0 saturated carbocycles. The van der Waals surface area contributed by atoms with Crippen molar-refractivity contribution in [1.82, 2.24) is 4.98 Å². The first-order valence-corrected chi connectivity index (χ1v) is 7.71. The molecular weight excluding hydrogens is 420 g/mol. The van der Waals surface area contributed by atoms with E-state index in [4.69, 9.17) is 0 Å². The van der Waals surface area contributed by atoms with E-state index in [0.717, 1.165) is 15.7 Å². The molecule has 0 bridgehead atoms. The lowest BCUT2D eigenvalue weighted by Gasteiger charge is -2.01. The van der Waals surface area contributed by atoms with Crippen LogP contribution in [0.2, 0.25) is 0 Å². The monoisotopic (exact) mass is 432 g/mol. The molecule has 0 atom stereocenters. The lowest BCUT2D eigenvalue weighted by atomic mass is 10.1. The van der Waals surface area contributed by atoms with Crippen LogP contribution in [-0.2, 0) is 6.54 Å². The molecule has 2 aromatic carbocycles. The van der Waals surface area contributed by atoms with Crippen LogP contribution >= 0.6 is 15.9 Å². The predicted octanol–water partition coefficient (Wildman–Crippen LogP) is 0.685. The molecule has 5 heteroatoms. The second-order valence-corrected chi connectivity index (χ2v) is 5.83. The van der Waals surface area contributed by atoms with Crippen molar-refractivity contribution in [3.05, 3.63) is 83.2 Å². The molecule has 0 aliphatic heterocycles. The Labute approximate surface area is 153 Å². The van der Waals surface area contributed by atoms with Gasteiger partial charge in [0.15, 0.2) is 12.2 Å². The number of benzene rings is 2. The smallest absolute Gasteiger partial charge is 0.287 e. The van der Waals surface area contributed by atoms with Gasteiger partial charge in [0.25, 0.3) is 6.33 Å². The summed E-state index contributed by atoms with van der Waals surface area (Å²) in [4.78, 5) is 16.6. The summed E-state index contributed by atoms with van der Waals surface area (Å²) in [5.74, 6) is 0.0618. The quantitative estimate of drug-likeness (QED) is 0.448. The number of aromatic nitrogens is 2. The SMILES string of the molecule is O=C(C[n+]1ccc(-c2ccccc2)nc1)c1ccc(Br)cc1.[Br-]. The highest BCUT2D eigenvalue weighted by Crippen LogP contribution is 2.14. The fourth-order valence-electron chi connectivity index (χ4n) is 2.15. The molecule has 0 unspecified atom stereocenters. The second-order valence-electron chi connectivity index (χ2n) is 4.91. The molecule has 0 saturated heterocycles. The van der Waals surface area contributed by atoms with Crippen LogP contribution in [0.15, 0.2) is 77.7 Å². The summed E-state index contributed by atoms with van der Waals surface area (Å²) in [5.41, 5.74) is 2.66. The van der Waals surface area contributed by atoms with Gasteiger partial charge in [-0.2, -0.15) is 0 Å². The average Bonchev–Trinajstić information content (AvgIpc) is 2.57. The third kappa shape index (κ3) is 4.56. The zero-order valence-electron chi connectivity index (χ0n) is 12.2. The predicted molar refractivity (Wildman–Crippen MR) is 88.3 cm³/mol. The van der Waals surface area contributed by atoms with Crippen molar-refractivity contribution in [2.45, 2.75) is 6.54 Å². The third-order valence-corrected chi connectivity index (χ3v) is 3.86. The first-order chi connectivity index (χ1) is 10.7. The van der Waals surface area contributed by atoms with E-state index < -0.39 is 0 Å². The molecule has 0 N–H and O–H groups in total. The average molecular weight is 434 g/mol. The molecule has 3 rings (SSSR count). The van der Waals surface area contributed by atoms with Gasteiger partial charge in [-0.25, -0.2) is 4.57 Å². The summed E-state index contributed by atoms with van der Waals surface area (Å²) in [5, 5.41) is 0. The Morgan fingerprint density at radius 2 is 1.70 bits per heavy atom. The zero-order chi connectivity index (χ0) is 15.4. The number of carbonyl (C=O) groups excluding carboxylic acids is 1. The van der Waals surface area contributed by atoms with Crippen molar-refractivity contribution in [1.29, 1.82) is 0 Å². The molecule has 3 nitrogen and oxygen atoms in total. The number of hydrogen-bond donors (Lipinski definition) is 0. The van der Waals surface area contributed by atoms with Gasteiger partial charge in [-0.05, 0) is 17.1 Å². The maximum atomic E-state index is 12.2. The van der Waals surface area contributed by atoms with Crippen LogP contribution in [0.1, 0.15) is 10.4 Å². The van der Waals surface area contributed by atoms with Crippen LogP contribution in [0, 0.1) is 0 Å². The van der Waals surface area contributed by atoms with Crippen molar-refractivity contribution >= 4 is 21.7 Å². The van der Waals surface area contributed by atoms with Crippen LogP contribution in [0.3, 0.4) is 0 Å². The maximum Gasteiger partial charge on any atom is 0.287 e. The first kappa shape index (κ1) is 17.5. The number of Topliss-reactive ketones (excluding diaryl/α,β-unsaturated/α-hetero) is 1. The van der Waals surface area contributed by atoms with Crippen molar-refractivity contribution in [2.75, 3.05) is 0 Å². The molecule has 0 amide bonds. The summed E-state index contributed by atoms with van der Waals surface area (Å²) < 4.78 is 2.75. The number of hydrogen-bond acceptors (Lipinski definition) is 2. The number of carbonyl (C=O) groups is 1. The summed E-state index contributed by atoms with van der Waals surface area (Å²) in [7, 11) is 0. The van der Waals surface area contributed by atoms with E-state index in [1.54, 1.807) is 10.9 Å². The molecule has 0 radical (unpaired) electrons. The number of nitrogens with zero attached hydrogens (tertiary/aromatic N) is 2. The molecule has 1 aromatic heterocycles. The highest BCUT2D eigenvalue weighted by Gasteiger charge is 2.11. The van der Waals surface area contributed by atoms with E-state index >= 15 is 0 Å². The molecule has 0 aliphatic rings. The molecule has 0 fully saturated rings. The largest absolute Gasteiger partial charge is 1.00 e. The van der Waals surface area contributed by atoms with Crippen LogP contribution in [-0.4, -0.2) is 10.8 Å². The first-order valence-electron chi connectivity index (χ1n) is 6.92. The molecule has 23 heavy (non-hydrogen) atoms. The van der Waals surface area contributed by atoms with E-state index in [9.17, 15) is 4.79 Å². The standard InChI is InChI=1S/C18H14BrN2O.BrH/c19-16-8-6-15(7-9-16)18(22)12-21-11-10-17(20-13-21)14-4-2-1-3-5-14;/h1-11,13H,12H2;1H/q+1;/p-1. The molecular formula is C18H14Br2N2O. The van der Waals surface area contributed by atoms with Crippen molar-refractivity contribution < 1.29 is 26.3 Å². The second kappa shape index (κ2) is 8.13. The Balaban J connectivity index is 0.00000192. The fraction of sp³-hybridized carbons (Fsp3) is 0.0556. The zero-order valence-corrected chi connectivity index (χ0v) is 15.4. The Hall–Kier alpha value is -1.85. The number of halogens is 2. The highest BCUT2D eigenvalue weighted by molar-refractivity contribution is 9.10. The Morgan fingerprint density at radius 3 is 2.30 bits per heavy atom. The molecule has 116 valence electrons. The van der Waals surface area contributed by atoms with Gasteiger partial charge in [-0.15, -0.1) is 0 Å². The minimum atomic E-state index is 0. The Morgan fingerprint density at radius 1 is 1.00 bits per heavy atom. The van der Waals surface area contributed by atoms with E-state index in [2.05, 4.69) is 20.9 Å². The summed E-state index contributed by atoms with van der Waals surface area (Å²) in [6.07, 6.45) is 3.57. The van der Waals surface area contributed by atoms with Crippen molar-refractivity contribution in [3.63, 3.8) is 0 Å². The third-order valence-electron chi connectivity index (χ3n) is 3.33. The normalized spacial score (nSPS) is 9.96. The minimum absolute atomic E-state index is 0. The lowest BCUT2D eigenvalue weighted by Crippen LogP contribution is -3.00. The summed E-state index contributed by atoms with van der Waals surface area (Å²) >= 11 is 3.37. The highest BCUT2D eigenvalue weighted by atomic mass is 79.9. The minimum Gasteiger partial charge on any atom is -1.00 e. The van der Waals surface area contributed by atoms with E-state index in [1.165, 1.54) is 0 Å². The maximum absolute atomic E-state index is 12.2. The van der Waals surface area contributed by atoms with Gasteiger partial charge < -0.3 is 17.0 Å². The number of ketones is 1.